The molecule has 18 heavy (non-hydrogen) atoms. The Morgan fingerprint density at radius 3 is 2.39 bits per heavy atom. The van der Waals surface area contributed by atoms with E-state index in [0.717, 1.165) is 24.7 Å². The minimum absolute atomic E-state index is 0.438. The van der Waals surface area contributed by atoms with Crippen LogP contribution in [0, 0.1) is 0 Å². The highest BCUT2D eigenvalue weighted by atomic mass is 32.2. The van der Waals surface area contributed by atoms with Gasteiger partial charge in [0.05, 0.1) is 20.5 Å². The highest BCUT2D eigenvalue weighted by molar-refractivity contribution is 7.88. The largest absolute Gasteiger partial charge is 0.493 e. The summed E-state index contributed by atoms with van der Waals surface area (Å²) < 4.78 is 34.6. The number of nitrogens with one attached hydrogen (secondary N) is 1. The maximum Gasteiger partial charge on any atom is 0.208 e. The third-order valence-corrected chi connectivity index (χ3v) is 3.18. The fraction of sp³-hybridized carbons (Fsp3) is 0.500. The molecular weight excluding hydrogens is 254 g/mol. The van der Waals surface area contributed by atoms with E-state index in [-0.39, 0.29) is 0 Å². The molecule has 5 nitrogen and oxygen atoms in total. The van der Waals surface area contributed by atoms with Crippen LogP contribution >= 0.6 is 0 Å². The van der Waals surface area contributed by atoms with E-state index in [1.807, 2.05) is 18.2 Å². The number of benzene rings is 1. The van der Waals surface area contributed by atoms with Crippen LogP contribution in [0.4, 0.5) is 0 Å². The highest BCUT2D eigenvalue weighted by Crippen LogP contribution is 2.27. The van der Waals surface area contributed by atoms with Crippen molar-refractivity contribution < 1.29 is 17.9 Å². The summed E-state index contributed by atoms with van der Waals surface area (Å²) in [5.74, 6) is 1.38. The van der Waals surface area contributed by atoms with Gasteiger partial charge in [0.25, 0.3) is 0 Å². The molecular formula is C12H19NO4S. The molecule has 0 fully saturated rings. The molecule has 1 aromatic carbocycles. The van der Waals surface area contributed by atoms with E-state index < -0.39 is 10.0 Å². The second-order valence-corrected chi connectivity index (χ2v) is 5.79. The molecule has 0 saturated carbocycles. The average molecular weight is 273 g/mol. The van der Waals surface area contributed by atoms with Gasteiger partial charge in [-0.15, -0.1) is 0 Å². The summed E-state index contributed by atoms with van der Waals surface area (Å²) in [4.78, 5) is 0. The predicted octanol–water partition coefficient (Wildman–Crippen LogP) is 1.19. The predicted molar refractivity (Wildman–Crippen MR) is 70.7 cm³/mol. The summed E-state index contributed by atoms with van der Waals surface area (Å²) in [5.41, 5.74) is 1.09. The highest BCUT2D eigenvalue weighted by Gasteiger charge is 2.05. The second kappa shape index (κ2) is 6.61. The number of ether oxygens (including phenoxy) is 2. The van der Waals surface area contributed by atoms with Crippen LogP contribution in [0.15, 0.2) is 18.2 Å². The molecule has 0 saturated heterocycles. The Bertz CT molecular complexity index is 485. The fourth-order valence-corrected chi connectivity index (χ4v) is 2.10. The van der Waals surface area contributed by atoms with E-state index >= 15 is 0 Å². The van der Waals surface area contributed by atoms with Gasteiger partial charge in [0.15, 0.2) is 11.5 Å². The molecule has 0 aromatic heterocycles. The minimum atomic E-state index is -3.10. The Labute approximate surface area is 108 Å². The topological polar surface area (TPSA) is 64.6 Å². The van der Waals surface area contributed by atoms with Crippen LogP contribution in [0.25, 0.3) is 0 Å². The van der Waals surface area contributed by atoms with E-state index in [1.165, 1.54) is 0 Å². The first-order valence-corrected chi connectivity index (χ1v) is 7.51. The van der Waals surface area contributed by atoms with E-state index in [0.29, 0.717) is 18.0 Å². The van der Waals surface area contributed by atoms with E-state index in [2.05, 4.69) is 4.72 Å². The Hall–Kier alpha value is -1.27. The molecule has 0 aliphatic rings. The molecule has 0 heterocycles. The molecule has 0 atom stereocenters. The lowest BCUT2D eigenvalue weighted by Gasteiger charge is -2.09. The average Bonchev–Trinajstić information content (AvgIpc) is 2.33. The number of rotatable bonds is 7. The van der Waals surface area contributed by atoms with Crippen molar-refractivity contribution in [3.8, 4) is 11.5 Å². The Morgan fingerprint density at radius 1 is 1.17 bits per heavy atom. The van der Waals surface area contributed by atoms with Crippen molar-refractivity contribution >= 4 is 10.0 Å². The molecule has 0 amide bonds. The van der Waals surface area contributed by atoms with Gasteiger partial charge in [-0.1, -0.05) is 6.07 Å². The monoisotopic (exact) mass is 273 g/mol. The van der Waals surface area contributed by atoms with Crippen LogP contribution in [0.1, 0.15) is 12.0 Å². The molecule has 102 valence electrons. The minimum Gasteiger partial charge on any atom is -0.493 e. The quantitative estimate of drug-likeness (QED) is 0.758. The van der Waals surface area contributed by atoms with Crippen molar-refractivity contribution in [2.45, 2.75) is 12.8 Å². The third kappa shape index (κ3) is 4.93. The molecule has 1 rings (SSSR count). The molecule has 1 N–H and O–H groups in total. The zero-order valence-electron chi connectivity index (χ0n) is 10.9. The smallest absolute Gasteiger partial charge is 0.208 e. The van der Waals surface area contributed by atoms with Crippen LogP contribution in [0.3, 0.4) is 0 Å². The lowest BCUT2D eigenvalue weighted by Crippen LogP contribution is -2.23. The summed E-state index contributed by atoms with van der Waals surface area (Å²) in [5, 5.41) is 0. The molecule has 0 radical (unpaired) electrons. The van der Waals surface area contributed by atoms with Crippen LogP contribution < -0.4 is 14.2 Å². The molecule has 1 aromatic rings. The van der Waals surface area contributed by atoms with E-state index in [4.69, 9.17) is 9.47 Å². The summed E-state index contributed by atoms with van der Waals surface area (Å²) >= 11 is 0. The number of sulfonamides is 1. The van der Waals surface area contributed by atoms with Crippen molar-refractivity contribution in [1.82, 2.24) is 4.72 Å². The van der Waals surface area contributed by atoms with Gasteiger partial charge in [-0.3, -0.25) is 0 Å². The lowest BCUT2D eigenvalue weighted by molar-refractivity contribution is 0.354. The van der Waals surface area contributed by atoms with Crippen molar-refractivity contribution in [2.75, 3.05) is 27.0 Å². The summed E-state index contributed by atoms with van der Waals surface area (Å²) in [7, 11) is 0.0842. The first-order chi connectivity index (χ1) is 8.46. The zero-order chi connectivity index (χ0) is 13.6. The van der Waals surface area contributed by atoms with Gasteiger partial charge in [0.2, 0.25) is 10.0 Å². The summed E-state index contributed by atoms with van der Waals surface area (Å²) in [6.45, 7) is 0.438. The van der Waals surface area contributed by atoms with Gasteiger partial charge in [0, 0.05) is 6.54 Å². The number of aryl methyl sites for hydroxylation is 1. The lowest BCUT2D eigenvalue weighted by atomic mass is 10.1. The van der Waals surface area contributed by atoms with Gasteiger partial charge in [0.1, 0.15) is 0 Å². The molecule has 0 aliphatic carbocycles. The molecule has 0 unspecified atom stereocenters. The van der Waals surface area contributed by atoms with Crippen molar-refractivity contribution in [3.05, 3.63) is 23.8 Å². The summed E-state index contributed by atoms with van der Waals surface area (Å²) in [6.07, 6.45) is 2.68. The number of methoxy groups -OCH3 is 2. The molecule has 6 heteroatoms. The number of hydrogen-bond donors (Lipinski definition) is 1. The third-order valence-electron chi connectivity index (χ3n) is 2.45. The molecule has 0 aliphatic heterocycles. The first kappa shape index (κ1) is 14.8. The van der Waals surface area contributed by atoms with Crippen LogP contribution in [-0.4, -0.2) is 35.4 Å². The van der Waals surface area contributed by atoms with Gasteiger partial charge >= 0.3 is 0 Å². The zero-order valence-corrected chi connectivity index (χ0v) is 11.7. The maximum atomic E-state index is 10.9. The molecule has 0 spiro atoms. The van der Waals surface area contributed by atoms with Crippen molar-refractivity contribution in [1.29, 1.82) is 0 Å². The summed E-state index contributed by atoms with van der Waals surface area (Å²) in [6, 6.07) is 5.69. The van der Waals surface area contributed by atoms with Gasteiger partial charge < -0.3 is 9.47 Å². The van der Waals surface area contributed by atoms with Gasteiger partial charge in [-0.25, -0.2) is 13.1 Å². The van der Waals surface area contributed by atoms with Crippen LogP contribution in [-0.2, 0) is 16.4 Å². The second-order valence-electron chi connectivity index (χ2n) is 3.96. The molecule has 0 bridgehead atoms. The van der Waals surface area contributed by atoms with Gasteiger partial charge in [-0.2, -0.15) is 0 Å². The van der Waals surface area contributed by atoms with Crippen LogP contribution in [0.5, 0.6) is 11.5 Å². The Kier molecular flexibility index (Phi) is 5.43. The Balaban J connectivity index is 2.53. The Morgan fingerprint density at radius 2 is 1.83 bits per heavy atom. The fourth-order valence-electron chi connectivity index (χ4n) is 1.59. The van der Waals surface area contributed by atoms with Crippen molar-refractivity contribution in [2.24, 2.45) is 0 Å². The SMILES string of the molecule is COc1ccc(CCCNS(C)(=O)=O)cc1OC. The van der Waals surface area contributed by atoms with Gasteiger partial charge in [-0.05, 0) is 30.5 Å². The maximum absolute atomic E-state index is 10.9. The van der Waals surface area contributed by atoms with Crippen molar-refractivity contribution in [3.63, 3.8) is 0 Å². The van der Waals surface area contributed by atoms with Crippen LogP contribution in [0.2, 0.25) is 0 Å². The van der Waals surface area contributed by atoms with E-state index in [9.17, 15) is 8.42 Å². The normalized spacial score (nSPS) is 11.3. The standard InChI is InChI=1S/C12H19NO4S/c1-16-11-7-6-10(9-12(11)17-2)5-4-8-13-18(3,14)15/h6-7,9,13H,4-5,8H2,1-3H3. The number of hydrogen-bond acceptors (Lipinski definition) is 4. The first-order valence-electron chi connectivity index (χ1n) is 5.62. The van der Waals surface area contributed by atoms with E-state index in [1.54, 1.807) is 14.2 Å².